The number of carbonyl (C=O) groups is 1. The SMILES string of the molecule is COCCCNC(=O)C(C#N)c1nc2ccccc2nc1N1CC(C)CC(C)C1. The van der Waals surface area contributed by atoms with Crippen molar-refractivity contribution in [3.05, 3.63) is 30.0 Å². The topological polar surface area (TPSA) is 91.1 Å². The Labute approximate surface area is 172 Å². The number of anilines is 1. The summed E-state index contributed by atoms with van der Waals surface area (Å²) in [6.07, 6.45) is 1.85. The second-order valence-electron chi connectivity index (χ2n) is 7.97. The summed E-state index contributed by atoms with van der Waals surface area (Å²) in [7, 11) is 1.62. The Balaban J connectivity index is 1.97. The molecule has 1 aromatic heterocycles. The van der Waals surface area contributed by atoms with E-state index in [2.05, 4.69) is 30.1 Å². The van der Waals surface area contributed by atoms with E-state index in [4.69, 9.17) is 14.7 Å². The minimum atomic E-state index is -1.00. The molecule has 3 unspecified atom stereocenters. The van der Waals surface area contributed by atoms with Crippen molar-refractivity contribution < 1.29 is 9.53 Å². The number of nitrogens with zero attached hydrogens (tertiary/aromatic N) is 4. The van der Waals surface area contributed by atoms with E-state index in [0.717, 1.165) is 25.0 Å². The molecule has 1 fully saturated rings. The first-order chi connectivity index (χ1) is 14.0. The molecule has 0 saturated carbocycles. The van der Waals surface area contributed by atoms with Crippen LogP contribution in [0.1, 0.15) is 38.3 Å². The standard InChI is InChI=1S/C22H29N5O2/c1-15-11-16(2)14-27(13-15)21-20(25-18-7-4-5-8-19(18)26-21)17(12-23)22(28)24-9-6-10-29-3/h4-5,7-8,15-17H,6,9-11,13-14H2,1-3H3,(H,24,28). The molecule has 29 heavy (non-hydrogen) atoms. The number of aromatic nitrogens is 2. The van der Waals surface area contributed by atoms with Gasteiger partial charge in [0, 0.05) is 33.4 Å². The number of rotatable bonds is 7. The summed E-state index contributed by atoms with van der Waals surface area (Å²) in [5, 5.41) is 12.7. The Morgan fingerprint density at radius 2 is 1.93 bits per heavy atom. The summed E-state index contributed by atoms with van der Waals surface area (Å²) in [4.78, 5) is 24.5. The van der Waals surface area contributed by atoms with Gasteiger partial charge in [-0.2, -0.15) is 5.26 Å². The first-order valence-electron chi connectivity index (χ1n) is 10.2. The van der Waals surface area contributed by atoms with Gasteiger partial charge >= 0.3 is 0 Å². The number of hydrogen-bond acceptors (Lipinski definition) is 6. The fourth-order valence-electron chi connectivity index (χ4n) is 4.04. The number of methoxy groups -OCH3 is 1. The Morgan fingerprint density at radius 1 is 1.28 bits per heavy atom. The van der Waals surface area contributed by atoms with Crippen LogP contribution in [0.5, 0.6) is 0 Å². The second kappa shape index (κ2) is 9.66. The highest BCUT2D eigenvalue weighted by Crippen LogP contribution is 2.31. The van der Waals surface area contributed by atoms with Crippen molar-refractivity contribution in [3.8, 4) is 6.07 Å². The van der Waals surface area contributed by atoms with E-state index < -0.39 is 5.92 Å². The smallest absolute Gasteiger partial charge is 0.243 e. The van der Waals surface area contributed by atoms with Crippen molar-refractivity contribution in [2.45, 2.75) is 32.6 Å². The number of piperidine rings is 1. The van der Waals surface area contributed by atoms with Crippen LogP contribution >= 0.6 is 0 Å². The van der Waals surface area contributed by atoms with Crippen LogP contribution in [-0.4, -0.2) is 49.2 Å². The molecule has 3 rings (SSSR count). The van der Waals surface area contributed by atoms with Crippen molar-refractivity contribution in [3.63, 3.8) is 0 Å². The van der Waals surface area contributed by atoms with Gasteiger partial charge in [0.2, 0.25) is 5.91 Å². The van der Waals surface area contributed by atoms with Crippen LogP contribution in [0.25, 0.3) is 11.0 Å². The molecule has 1 aliphatic rings. The Kier molecular flexibility index (Phi) is 6.99. The molecule has 154 valence electrons. The van der Waals surface area contributed by atoms with E-state index in [1.54, 1.807) is 7.11 Å². The lowest BCUT2D eigenvalue weighted by Gasteiger charge is -2.36. The van der Waals surface area contributed by atoms with Crippen LogP contribution < -0.4 is 10.2 Å². The molecule has 0 bridgehead atoms. The Bertz CT molecular complexity index is 884. The van der Waals surface area contributed by atoms with Crippen LogP contribution in [0.3, 0.4) is 0 Å². The molecule has 1 aliphatic heterocycles. The van der Waals surface area contributed by atoms with Crippen LogP contribution in [-0.2, 0) is 9.53 Å². The third-order valence-electron chi connectivity index (χ3n) is 5.24. The summed E-state index contributed by atoms with van der Waals surface area (Å²) < 4.78 is 5.02. The number of carbonyl (C=O) groups excluding carboxylic acids is 1. The zero-order valence-corrected chi connectivity index (χ0v) is 17.4. The summed E-state index contributed by atoms with van der Waals surface area (Å²) in [5.41, 5.74) is 1.91. The highest BCUT2D eigenvalue weighted by molar-refractivity contribution is 5.88. The minimum Gasteiger partial charge on any atom is -0.385 e. The van der Waals surface area contributed by atoms with Gasteiger partial charge in [-0.05, 0) is 36.8 Å². The molecule has 7 nitrogen and oxygen atoms in total. The van der Waals surface area contributed by atoms with Gasteiger partial charge in [-0.15, -0.1) is 0 Å². The molecule has 0 radical (unpaired) electrons. The predicted molar refractivity (Wildman–Crippen MR) is 113 cm³/mol. The molecule has 1 saturated heterocycles. The summed E-state index contributed by atoms with van der Waals surface area (Å²) in [6, 6.07) is 9.74. The molecule has 3 atom stereocenters. The fraction of sp³-hybridized carbons (Fsp3) is 0.545. The first kappa shape index (κ1) is 21.0. The van der Waals surface area contributed by atoms with Crippen molar-refractivity contribution in [1.82, 2.24) is 15.3 Å². The Morgan fingerprint density at radius 3 is 2.55 bits per heavy atom. The second-order valence-corrected chi connectivity index (χ2v) is 7.97. The van der Waals surface area contributed by atoms with Gasteiger partial charge in [-0.1, -0.05) is 26.0 Å². The van der Waals surface area contributed by atoms with Gasteiger partial charge in [0.05, 0.1) is 17.1 Å². The molecule has 1 aromatic carbocycles. The number of nitriles is 1. The number of amides is 1. The maximum absolute atomic E-state index is 12.8. The van der Waals surface area contributed by atoms with E-state index >= 15 is 0 Å². The Hall–Kier alpha value is -2.72. The highest BCUT2D eigenvalue weighted by Gasteiger charge is 2.31. The number of fused-ring (bicyclic) bond motifs is 1. The first-order valence-corrected chi connectivity index (χ1v) is 10.2. The van der Waals surface area contributed by atoms with Gasteiger partial charge in [-0.3, -0.25) is 4.79 Å². The maximum Gasteiger partial charge on any atom is 0.243 e. The normalized spacial score (nSPS) is 20.3. The van der Waals surface area contributed by atoms with Gasteiger partial charge in [0.25, 0.3) is 0 Å². The third kappa shape index (κ3) is 5.01. The van der Waals surface area contributed by atoms with Crippen LogP contribution in [0.4, 0.5) is 5.82 Å². The zero-order valence-electron chi connectivity index (χ0n) is 17.4. The summed E-state index contributed by atoms with van der Waals surface area (Å²) in [6.45, 7) is 7.15. The lowest BCUT2D eigenvalue weighted by Crippen LogP contribution is -2.40. The molecular weight excluding hydrogens is 366 g/mol. The molecule has 0 spiro atoms. The maximum atomic E-state index is 12.8. The average molecular weight is 396 g/mol. The van der Waals surface area contributed by atoms with E-state index in [9.17, 15) is 10.1 Å². The average Bonchev–Trinajstić information content (AvgIpc) is 2.70. The molecule has 1 amide bonds. The van der Waals surface area contributed by atoms with Crippen molar-refractivity contribution in [2.75, 3.05) is 38.3 Å². The van der Waals surface area contributed by atoms with Crippen LogP contribution in [0.15, 0.2) is 24.3 Å². The van der Waals surface area contributed by atoms with E-state index in [0.29, 0.717) is 48.4 Å². The molecular formula is C22H29N5O2. The number of benzene rings is 1. The fourth-order valence-corrected chi connectivity index (χ4v) is 4.04. The molecule has 2 heterocycles. The minimum absolute atomic E-state index is 0.340. The van der Waals surface area contributed by atoms with E-state index in [-0.39, 0.29) is 5.91 Å². The van der Waals surface area contributed by atoms with Gasteiger partial charge in [0.15, 0.2) is 11.7 Å². The third-order valence-corrected chi connectivity index (χ3v) is 5.24. The van der Waals surface area contributed by atoms with E-state index in [1.165, 1.54) is 0 Å². The molecule has 2 aromatic rings. The molecule has 0 aliphatic carbocycles. The van der Waals surface area contributed by atoms with Gasteiger partial charge < -0.3 is 15.0 Å². The number of para-hydroxylation sites is 2. The number of nitrogens with one attached hydrogen (secondary N) is 1. The number of hydrogen-bond donors (Lipinski definition) is 1. The quantitative estimate of drug-likeness (QED) is 0.725. The zero-order chi connectivity index (χ0) is 20.8. The largest absolute Gasteiger partial charge is 0.385 e. The summed E-state index contributed by atoms with van der Waals surface area (Å²) >= 11 is 0. The highest BCUT2D eigenvalue weighted by atomic mass is 16.5. The van der Waals surface area contributed by atoms with Gasteiger partial charge in [-0.25, -0.2) is 9.97 Å². The lowest BCUT2D eigenvalue weighted by atomic mass is 9.91. The lowest BCUT2D eigenvalue weighted by molar-refractivity contribution is -0.121. The molecule has 1 N–H and O–H groups in total. The van der Waals surface area contributed by atoms with Crippen LogP contribution in [0.2, 0.25) is 0 Å². The van der Waals surface area contributed by atoms with Crippen molar-refractivity contribution in [2.24, 2.45) is 11.8 Å². The van der Waals surface area contributed by atoms with E-state index in [1.807, 2.05) is 24.3 Å². The predicted octanol–water partition coefficient (Wildman–Crippen LogP) is 2.87. The van der Waals surface area contributed by atoms with Crippen molar-refractivity contribution in [1.29, 1.82) is 5.26 Å². The molecule has 7 heteroatoms. The monoisotopic (exact) mass is 395 g/mol. The van der Waals surface area contributed by atoms with Crippen molar-refractivity contribution >= 4 is 22.8 Å². The number of ether oxygens (including phenoxy) is 1. The van der Waals surface area contributed by atoms with Gasteiger partial charge in [0.1, 0.15) is 5.69 Å². The van der Waals surface area contributed by atoms with Crippen LogP contribution in [0, 0.1) is 23.2 Å². The summed E-state index contributed by atoms with van der Waals surface area (Å²) in [5.74, 6) is 0.344.